The molecule has 0 bridgehead atoms. The van der Waals surface area contributed by atoms with Gasteiger partial charge in [-0.25, -0.2) is 0 Å². The molecule has 34 heavy (non-hydrogen) atoms. The minimum atomic E-state index is 1.25. The highest BCUT2D eigenvalue weighted by Crippen LogP contribution is 2.37. The fourth-order valence-electron chi connectivity index (χ4n) is 4.52. The molecule has 5 aromatic rings. The van der Waals surface area contributed by atoms with Crippen molar-refractivity contribution in [2.75, 3.05) is 0 Å². The molecule has 0 aliphatic carbocycles. The Hall–Kier alpha value is -3.90. The molecule has 0 amide bonds. The zero-order valence-electron chi connectivity index (χ0n) is 20.4. The molecule has 0 nitrogen and oxygen atoms in total. The van der Waals surface area contributed by atoms with Gasteiger partial charge in [-0.05, 0) is 95.5 Å². The lowest BCUT2D eigenvalue weighted by molar-refractivity contribution is 1.34. The topological polar surface area (TPSA) is 0 Å². The number of rotatable bonds is 4. The minimum absolute atomic E-state index is 1.25. The summed E-state index contributed by atoms with van der Waals surface area (Å²) in [6, 6.07) is 40.1. The first-order valence-corrected chi connectivity index (χ1v) is 11.9. The van der Waals surface area contributed by atoms with Gasteiger partial charge in [0.1, 0.15) is 0 Å². The second-order valence-electron chi connectivity index (χ2n) is 9.38. The first-order valence-electron chi connectivity index (χ1n) is 11.9. The van der Waals surface area contributed by atoms with E-state index < -0.39 is 0 Å². The van der Waals surface area contributed by atoms with Gasteiger partial charge >= 0.3 is 0 Å². The molecule has 0 unspecified atom stereocenters. The van der Waals surface area contributed by atoms with Gasteiger partial charge in [0.15, 0.2) is 0 Å². The highest BCUT2D eigenvalue weighted by molar-refractivity contribution is 5.87. The third-order valence-corrected chi connectivity index (χ3v) is 6.75. The summed E-state index contributed by atoms with van der Waals surface area (Å²) in [5, 5.41) is 0. The van der Waals surface area contributed by atoms with Crippen LogP contribution in [0, 0.1) is 27.7 Å². The zero-order chi connectivity index (χ0) is 23.7. The number of hydrogen-bond donors (Lipinski definition) is 0. The van der Waals surface area contributed by atoms with Crippen molar-refractivity contribution in [1.29, 1.82) is 0 Å². The average Bonchev–Trinajstić information content (AvgIpc) is 2.86. The van der Waals surface area contributed by atoms with E-state index >= 15 is 0 Å². The van der Waals surface area contributed by atoms with Crippen LogP contribution >= 0.6 is 0 Å². The van der Waals surface area contributed by atoms with Crippen LogP contribution in [0.25, 0.3) is 44.5 Å². The van der Waals surface area contributed by atoms with Crippen LogP contribution in [0.4, 0.5) is 0 Å². The summed E-state index contributed by atoms with van der Waals surface area (Å²) >= 11 is 0. The second kappa shape index (κ2) is 9.15. The molecule has 0 aliphatic heterocycles. The van der Waals surface area contributed by atoms with E-state index in [-0.39, 0.29) is 0 Å². The van der Waals surface area contributed by atoms with E-state index in [1.54, 1.807) is 0 Å². The summed E-state index contributed by atoms with van der Waals surface area (Å²) in [5.41, 5.74) is 15.2. The lowest BCUT2D eigenvalue weighted by Crippen LogP contribution is -1.91. The number of hydrogen-bond acceptors (Lipinski definition) is 0. The second-order valence-corrected chi connectivity index (χ2v) is 9.38. The molecule has 5 rings (SSSR count). The molecule has 0 saturated carbocycles. The van der Waals surface area contributed by atoms with Gasteiger partial charge in [0.25, 0.3) is 0 Å². The molecule has 0 heterocycles. The molecule has 0 saturated heterocycles. The Morgan fingerprint density at radius 1 is 0.324 bits per heavy atom. The molecule has 0 aliphatic rings. The van der Waals surface area contributed by atoms with Gasteiger partial charge in [-0.15, -0.1) is 0 Å². The summed E-state index contributed by atoms with van der Waals surface area (Å²) in [6.45, 7) is 8.67. The molecular weight excluding hydrogens is 408 g/mol. The number of benzene rings is 5. The first kappa shape index (κ1) is 21.9. The summed E-state index contributed by atoms with van der Waals surface area (Å²) in [6.07, 6.45) is 0. The van der Waals surface area contributed by atoms with Crippen LogP contribution in [0.2, 0.25) is 0 Å². The summed E-state index contributed by atoms with van der Waals surface area (Å²) in [4.78, 5) is 0. The maximum absolute atomic E-state index is 2.34. The Morgan fingerprint density at radius 3 is 1.06 bits per heavy atom. The average molecular weight is 439 g/mol. The van der Waals surface area contributed by atoms with Crippen LogP contribution in [0.15, 0.2) is 109 Å². The van der Waals surface area contributed by atoms with Crippen LogP contribution < -0.4 is 0 Å². The van der Waals surface area contributed by atoms with Gasteiger partial charge in [-0.2, -0.15) is 0 Å². The fourth-order valence-corrected chi connectivity index (χ4v) is 4.52. The molecule has 0 radical (unpaired) electrons. The Kier molecular flexibility index (Phi) is 5.90. The van der Waals surface area contributed by atoms with Crippen molar-refractivity contribution in [3.63, 3.8) is 0 Å². The third-order valence-electron chi connectivity index (χ3n) is 6.75. The van der Waals surface area contributed by atoms with Crippen LogP contribution in [0.3, 0.4) is 0 Å². The molecule has 0 heteroatoms. The zero-order valence-corrected chi connectivity index (χ0v) is 20.4. The van der Waals surface area contributed by atoms with Gasteiger partial charge in [-0.3, -0.25) is 0 Å². The van der Waals surface area contributed by atoms with E-state index in [0.29, 0.717) is 0 Å². The first-order chi connectivity index (χ1) is 16.5. The molecule has 0 N–H and O–H groups in total. The van der Waals surface area contributed by atoms with Crippen LogP contribution in [-0.2, 0) is 0 Å². The molecule has 5 aromatic carbocycles. The van der Waals surface area contributed by atoms with Crippen molar-refractivity contribution in [2.24, 2.45) is 0 Å². The lowest BCUT2D eigenvalue weighted by Gasteiger charge is -2.16. The molecule has 0 aromatic heterocycles. The van der Waals surface area contributed by atoms with E-state index in [2.05, 4.69) is 137 Å². The Bertz CT molecular complexity index is 1340. The normalized spacial score (nSPS) is 10.9. The standard InChI is InChI=1S/C34H30/c1-23-11-15-27(16-12-23)29-7-5-9-31(21-29)33-19-25(3)26(4)20-34(33)32-10-6-8-30(22-32)28-17-13-24(2)14-18-28/h5-22H,1-4H3. The maximum atomic E-state index is 2.34. The van der Waals surface area contributed by atoms with E-state index in [0.717, 1.165) is 0 Å². The van der Waals surface area contributed by atoms with Crippen molar-refractivity contribution in [1.82, 2.24) is 0 Å². The van der Waals surface area contributed by atoms with E-state index in [4.69, 9.17) is 0 Å². The quantitative estimate of drug-likeness (QED) is 0.262. The molecule has 0 atom stereocenters. The van der Waals surface area contributed by atoms with Crippen molar-refractivity contribution in [2.45, 2.75) is 27.7 Å². The van der Waals surface area contributed by atoms with Crippen molar-refractivity contribution in [3.05, 3.63) is 131 Å². The predicted molar refractivity (Wildman–Crippen MR) is 147 cm³/mol. The van der Waals surface area contributed by atoms with Gasteiger partial charge in [0, 0.05) is 0 Å². The van der Waals surface area contributed by atoms with Crippen LogP contribution in [0.5, 0.6) is 0 Å². The highest BCUT2D eigenvalue weighted by Gasteiger charge is 2.12. The minimum Gasteiger partial charge on any atom is -0.0610 e. The van der Waals surface area contributed by atoms with E-state index in [1.807, 2.05) is 0 Å². The number of aryl methyl sites for hydroxylation is 4. The monoisotopic (exact) mass is 438 g/mol. The molecule has 166 valence electrons. The maximum Gasteiger partial charge on any atom is -0.0102 e. The van der Waals surface area contributed by atoms with Crippen molar-refractivity contribution >= 4 is 0 Å². The van der Waals surface area contributed by atoms with Gasteiger partial charge < -0.3 is 0 Å². The largest absolute Gasteiger partial charge is 0.0610 e. The molecule has 0 spiro atoms. The Balaban J connectivity index is 1.63. The Labute approximate surface area is 203 Å². The lowest BCUT2D eigenvalue weighted by atomic mass is 9.88. The van der Waals surface area contributed by atoms with Crippen molar-refractivity contribution < 1.29 is 0 Å². The van der Waals surface area contributed by atoms with E-state index in [1.165, 1.54) is 66.8 Å². The summed E-state index contributed by atoms with van der Waals surface area (Å²) in [7, 11) is 0. The fraction of sp³-hybridized carbons (Fsp3) is 0.118. The smallest absolute Gasteiger partial charge is 0.0102 e. The molecular formula is C34H30. The summed E-state index contributed by atoms with van der Waals surface area (Å²) in [5.74, 6) is 0. The van der Waals surface area contributed by atoms with Gasteiger partial charge in [-0.1, -0.05) is 108 Å². The summed E-state index contributed by atoms with van der Waals surface area (Å²) < 4.78 is 0. The van der Waals surface area contributed by atoms with Crippen LogP contribution in [-0.4, -0.2) is 0 Å². The predicted octanol–water partition coefficient (Wildman–Crippen LogP) is 9.59. The molecule has 0 fully saturated rings. The van der Waals surface area contributed by atoms with Gasteiger partial charge in [0.05, 0.1) is 0 Å². The SMILES string of the molecule is Cc1ccc(-c2cccc(-c3cc(C)c(C)cc3-c3cccc(-c4ccc(C)cc4)c3)c2)cc1. The Morgan fingerprint density at radius 2 is 0.676 bits per heavy atom. The van der Waals surface area contributed by atoms with Crippen molar-refractivity contribution in [3.8, 4) is 44.5 Å². The van der Waals surface area contributed by atoms with Crippen LogP contribution in [0.1, 0.15) is 22.3 Å². The highest BCUT2D eigenvalue weighted by atomic mass is 14.2. The van der Waals surface area contributed by atoms with Gasteiger partial charge in [0.2, 0.25) is 0 Å². The van der Waals surface area contributed by atoms with E-state index in [9.17, 15) is 0 Å². The third kappa shape index (κ3) is 4.45.